The standard InChI is InChI=1S/C18H28N4O4/c1-12(17(23)24)9-21(4)18(25)20-8-15-5-6-16(19-7-15)22-10-13(2)26-14(3)11-22/h5-7,12-14H,8-11H2,1-4H3,(H,20,25)(H,23,24). The van der Waals surface area contributed by atoms with Crippen molar-refractivity contribution in [2.75, 3.05) is 31.6 Å². The summed E-state index contributed by atoms with van der Waals surface area (Å²) in [7, 11) is 1.58. The van der Waals surface area contributed by atoms with Crippen molar-refractivity contribution >= 4 is 17.8 Å². The van der Waals surface area contributed by atoms with Gasteiger partial charge in [0, 0.05) is 39.4 Å². The number of aliphatic carboxylic acids is 1. The van der Waals surface area contributed by atoms with Gasteiger partial charge in [0.25, 0.3) is 0 Å². The molecule has 1 aliphatic heterocycles. The third kappa shape index (κ3) is 5.59. The molecule has 144 valence electrons. The van der Waals surface area contributed by atoms with Crippen molar-refractivity contribution in [3.63, 3.8) is 0 Å². The van der Waals surface area contributed by atoms with Crippen LogP contribution in [0.3, 0.4) is 0 Å². The fourth-order valence-corrected chi connectivity index (χ4v) is 2.96. The van der Waals surface area contributed by atoms with Crippen molar-refractivity contribution in [3.05, 3.63) is 23.9 Å². The molecule has 1 aliphatic rings. The highest BCUT2D eigenvalue weighted by atomic mass is 16.5. The number of carbonyl (C=O) groups excluding carboxylic acids is 1. The molecule has 1 aromatic rings. The zero-order valence-electron chi connectivity index (χ0n) is 15.8. The van der Waals surface area contributed by atoms with E-state index in [1.54, 1.807) is 20.2 Å². The number of nitrogens with one attached hydrogen (secondary N) is 1. The number of hydrogen-bond acceptors (Lipinski definition) is 5. The highest BCUT2D eigenvalue weighted by molar-refractivity contribution is 5.75. The Hall–Kier alpha value is -2.35. The van der Waals surface area contributed by atoms with Crippen molar-refractivity contribution in [1.29, 1.82) is 0 Å². The van der Waals surface area contributed by atoms with Crippen LogP contribution in [-0.2, 0) is 16.1 Å². The van der Waals surface area contributed by atoms with Gasteiger partial charge in [-0.05, 0) is 25.5 Å². The minimum absolute atomic E-state index is 0.158. The van der Waals surface area contributed by atoms with Gasteiger partial charge < -0.3 is 25.0 Å². The van der Waals surface area contributed by atoms with Crippen LogP contribution in [0.5, 0.6) is 0 Å². The van der Waals surface area contributed by atoms with E-state index in [0.29, 0.717) is 6.54 Å². The number of morpholine rings is 1. The zero-order valence-corrected chi connectivity index (χ0v) is 15.8. The largest absolute Gasteiger partial charge is 0.481 e. The predicted octanol–water partition coefficient (Wildman–Crippen LogP) is 1.56. The maximum Gasteiger partial charge on any atom is 0.317 e. The Morgan fingerprint density at radius 3 is 2.58 bits per heavy atom. The molecular formula is C18H28N4O4. The molecule has 8 nitrogen and oxygen atoms in total. The van der Waals surface area contributed by atoms with E-state index in [4.69, 9.17) is 9.84 Å². The molecule has 3 unspecified atom stereocenters. The number of pyridine rings is 1. The molecular weight excluding hydrogens is 336 g/mol. The predicted molar refractivity (Wildman–Crippen MR) is 98.1 cm³/mol. The highest BCUT2D eigenvalue weighted by Gasteiger charge is 2.23. The van der Waals surface area contributed by atoms with E-state index >= 15 is 0 Å². The number of ether oxygens (including phenoxy) is 1. The third-order valence-corrected chi connectivity index (χ3v) is 4.31. The van der Waals surface area contributed by atoms with Crippen LogP contribution in [0.15, 0.2) is 18.3 Å². The molecule has 2 rings (SSSR count). The second-order valence-electron chi connectivity index (χ2n) is 6.97. The van der Waals surface area contributed by atoms with Gasteiger partial charge in [0.15, 0.2) is 0 Å². The van der Waals surface area contributed by atoms with E-state index in [2.05, 4.69) is 15.2 Å². The average molecular weight is 364 g/mol. The Kier molecular flexibility index (Phi) is 6.79. The van der Waals surface area contributed by atoms with Crippen LogP contribution < -0.4 is 10.2 Å². The topological polar surface area (TPSA) is 95.0 Å². The molecule has 0 saturated carbocycles. The lowest BCUT2D eigenvalue weighted by Crippen LogP contribution is -2.45. The molecule has 0 spiro atoms. The van der Waals surface area contributed by atoms with Gasteiger partial charge in [0.1, 0.15) is 5.82 Å². The minimum Gasteiger partial charge on any atom is -0.481 e. The average Bonchev–Trinajstić information content (AvgIpc) is 2.59. The fourth-order valence-electron chi connectivity index (χ4n) is 2.96. The third-order valence-electron chi connectivity index (χ3n) is 4.31. The number of amides is 2. The van der Waals surface area contributed by atoms with Crippen LogP contribution >= 0.6 is 0 Å². The maximum atomic E-state index is 12.0. The van der Waals surface area contributed by atoms with Crippen LogP contribution in [0.1, 0.15) is 26.3 Å². The number of nitrogens with zero attached hydrogens (tertiary/aromatic N) is 3. The van der Waals surface area contributed by atoms with Gasteiger partial charge in [-0.15, -0.1) is 0 Å². The normalized spacial score (nSPS) is 21.2. The van der Waals surface area contributed by atoms with E-state index in [0.717, 1.165) is 24.5 Å². The second-order valence-corrected chi connectivity index (χ2v) is 6.97. The summed E-state index contributed by atoms with van der Waals surface area (Å²) >= 11 is 0. The number of rotatable bonds is 6. The highest BCUT2D eigenvalue weighted by Crippen LogP contribution is 2.18. The Morgan fingerprint density at radius 1 is 1.38 bits per heavy atom. The van der Waals surface area contributed by atoms with Crippen LogP contribution in [-0.4, -0.2) is 65.9 Å². The number of carboxylic acid groups (broad SMARTS) is 1. The van der Waals surface area contributed by atoms with Gasteiger partial charge in [0.2, 0.25) is 0 Å². The zero-order chi connectivity index (χ0) is 19.3. The lowest BCUT2D eigenvalue weighted by atomic mass is 10.2. The van der Waals surface area contributed by atoms with Crippen molar-refractivity contribution in [2.45, 2.75) is 39.5 Å². The van der Waals surface area contributed by atoms with Crippen LogP contribution in [0.2, 0.25) is 0 Å². The van der Waals surface area contributed by atoms with Crippen molar-refractivity contribution in [2.24, 2.45) is 5.92 Å². The summed E-state index contributed by atoms with van der Waals surface area (Å²) in [6, 6.07) is 3.58. The molecule has 3 atom stereocenters. The van der Waals surface area contributed by atoms with Crippen LogP contribution in [0.4, 0.5) is 10.6 Å². The van der Waals surface area contributed by atoms with Gasteiger partial charge in [-0.1, -0.05) is 13.0 Å². The lowest BCUT2D eigenvalue weighted by Gasteiger charge is -2.36. The van der Waals surface area contributed by atoms with Gasteiger partial charge in [-0.25, -0.2) is 9.78 Å². The summed E-state index contributed by atoms with van der Waals surface area (Å²) < 4.78 is 5.73. The molecule has 2 N–H and O–H groups in total. The smallest absolute Gasteiger partial charge is 0.317 e. The summed E-state index contributed by atoms with van der Waals surface area (Å²) in [6.07, 6.45) is 2.09. The lowest BCUT2D eigenvalue weighted by molar-refractivity contribution is -0.141. The first kappa shape index (κ1) is 20.0. The molecule has 0 aliphatic carbocycles. The number of carbonyl (C=O) groups is 2. The van der Waals surface area contributed by atoms with Gasteiger partial charge in [0.05, 0.1) is 18.1 Å². The molecule has 1 saturated heterocycles. The minimum atomic E-state index is -0.920. The van der Waals surface area contributed by atoms with Gasteiger partial charge >= 0.3 is 12.0 Å². The molecule has 0 radical (unpaired) electrons. The molecule has 26 heavy (non-hydrogen) atoms. The quantitative estimate of drug-likeness (QED) is 0.795. The summed E-state index contributed by atoms with van der Waals surface area (Å²) in [5.74, 6) is -0.629. The first-order valence-electron chi connectivity index (χ1n) is 8.83. The summed E-state index contributed by atoms with van der Waals surface area (Å²) in [5.41, 5.74) is 0.885. The van der Waals surface area contributed by atoms with Crippen molar-refractivity contribution < 1.29 is 19.4 Å². The van der Waals surface area contributed by atoms with E-state index in [1.165, 1.54) is 4.90 Å². The van der Waals surface area contributed by atoms with E-state index < -0.39 is 11.9 Å². The SMILES string of the molecule is CC1CN(c2ccc(CNC(=O)N(C)CC(C)C(=O)O)cn2)CC(C)O1. The Bertz CT molecular complexity index is 612. The van der Waals surface area contributed by atoms with Gasteiger partial charge in [-0.2, -0.15) is 0 Å². The molecule has 0 bridgehead atoms. The number of urea groups is 1. The van der Waals surface area contributed by atoms with Crippen LogP contribution in [0.25, 0.3) is 0 Å². The summed E-state index contributed by atoms with van der Waals surface area (Å²) in [4.78, 5) is 31.0. The number of anilines is 1. The Labute approximate surface area is 154 Å². The van der Waals surface area contributed by atoms with Crippen molar-refractivity contribution in [3.8, 4) is 0 Å². The number of hydrogen-bond donors (Lipinski definition) is 2. The van der Waals surface area contributed by atoms with Crippen LogP contribution in [0, 0.1) is 5.92 Å². The van der Waals surface area contributed by atoms with E-state index in [1.807, 2.05) is 26.0 Å². The summed E-state index contributed by atoms with van der Waals surface area (Å²) in [6.45, 7) is 7.78. The molecule has 1 aromatic heterocycles. The van der Waals surface area contributed by atoms with E-state index in [9.17, 15) is 9.59 Å². The molecule has 8 heteroatoms. The second kappa shape index (κ2) is 8.84. The monoisotopic (exact) mass is 364 g/mol. The molecule has 2 heterocycles. The van der Waals surface area contributed by atoms with Gasteiger partial charge in [-0.3, -0.25) is 4.79 Å². The first-order chi connectivity index (χ1) is 12.3. The van der Waals surface area contributed by atoms with Crippen molar-refractivity contribution in [1.82, 2.24) is 15.2 Å². The number of carboxylic acids is 1. The summed E-state index contributed by atoms with van der Waals surface area (Å²) in [5, 5.41) is 11.7. The molecule has 0 aromatic carbocycles. The number of aromatic nitrogens is 1. The first-order valence-corrected chi connectivity index (χ1v) is 8.83. The molecule has 2 amide bonds. The fraction of sp³-hybridized carbons (Fsp3) is 0.611. The van der Waals surface area contributed by atoms with E-state index in [-0.39, 0.29) is 24.8 Å². The Balaban J connectivity index is 1.85. The maximum absolute atomic E-state index is 12.0. The molecule has 1 fully saturated rings. The Morgan fingerprint density at radius 2 is 2.04 bits per heavy atom.